The Morgan fingerprint density at radius 2 is 0.605 bits per heavy atom. The van der Waals surface area contributed by atoms with Gasteiger partial charge in [0.2, 0.25) is 0 Å². The van der Waals surface area contributed by atoms with Crippen LogP contribution in [0.15, 0.2) is 291 Å². The Bertz CT molecular complexity index is 5080. The quantitative estimate of drug-likeness (QED) is 0.151. The minimum Gasteiger partial charge on any atom is -0.0766 e. The Balaban J connectivity index is 1.05. The van der Waals surface area contributed by atoms with E-state index in [1.165, 1.54) is 163 Å². The maximum Gasteiger partial charge on any atom is 0.0731 e. The highest BCUT2D eigenvalue weighted by molar-refractivity contribution is 7.68. The molecule has 0 amide bonds. The summed E-state index contributed by atoms with van der Waals surface area (Å²) in [5.41, 5.74) is 17.8. The van der Waals surface area contributed by atoms with Gasteiger partial charge in [0, 0.05) is 20.5 Å². The van der Waals surface area contributed by atoms with E-state index in [2.05, 4.69) is 291 Å². The molecule has 2 aromatic heterocycles. The summed E-state index contributed by atoms with van der Waals surface area (Å²) in [6.07, 6.45) is 0. The van der Waals surface area contributed by atoms with Crippen molar-refractivity contribution in [3.63, 3.8) is 0 Å². The molecule has 1 spiro atoms. The molecule has 0 nitrogen and oxygen atoms in total. The van der Waals surface area contributed by atoms with Gasteiger partial charge in [-0.1, -0.05) is 294 Å². The molecule has 0 aliphatic heterocycles. The first-order valence-electron chi connectivity index (χ1n) is 28.3. The van der Waals surface area contributed by atoms with E-state index in [-0.39, 0.29) is 0 Å². The molecule has 0 saturated heterocycles. The van der Waals surface area contributed by atoms with Crippen LogP contribution >= 0.6 is 15.1 Å². The van der Waals surface area contributed by atoms with Gasteiger partial charge in [-0.15, -0.1) is 0 Å². The molecule has 0 saturated carbocycles. The van der Waals surface area contributed by atoms with Crippen LogP contribution in [0.3, 0.4) is 0 Å². The van der Waals surface area contributed by atoms with Crippen LogP contribution < -0.4 is 0 Å². The summed E-state index contributed by atoms with van der Waals surface area (Å²) in [6, 6.07) is 112. The van der Waals surface area contributed by atoms with E-state index in [0.717, 1.165) is 0 Å². The second-order valence-corrected chi connectivity index (χ2v) is 26.3. The Morgan fingerprint density at radius 1 is 0.222 bits per heavy atom. The molecule has 2 heterocycles. The van der Waals surface area contributed by atoms with Gasteiger partial charge in [-0.2, -0.15) is 0 Å². The average Bonchev–Trinajstić information content (AvgIpc) is 2.98. The third-order valence-corrected chi connectivity index (χ3v) is 23.5. The first-order valence-corrected chi connectivity index (χ1v) is 30.9. The van der Waals surface area contributed by atoms with Crippen LogP contribution in [0, 0.1) is 0 Å². The predicted molar refractivity (Wildman–Crippen MR) is 350 cm³/mol. The zero-order valence-electron chi connectivity index (χ0n) is 44.1. The van der Waals surface area contributed by atoms with Crippen molar-refractivity contribution in [1.82, 2.24) is 0 Å². The fraction of sp³-hybridized carbons (Fsp3) is 0.0127. The SMILES string of the molecule is c1ccc(-p2c3ccccc3c3cccc(-c4cccc5c(-c6cc7ccccc7c7c6C6(c8ccccc8-c8ccccc86)c6ccccc6-7)c6cccc(-c7cccc8c9ccccc9p(-c9ccccc9)c78)c6cc45)c32)cc1. The molecule has 2 heteroatoms. The van der Waals surface area contributed by atoms with Crippen molar-refractivity contribution in [2.24, 2.45) is 0 Å². The maximum absolute atomic E-state index is 2.60. The van der Waals surface area contributed by atoms with E-state index in [4.69, 9.17) is 0 Å². The predicted octanol–water partition coefficient (Wildman–Crippen LogP) is 23.1. The van der Waals surface area contributed by atoms with Crippen molar-refractivity contribution in [2.45, 2.75) is 5.41 Å². The van der Waals surface area contributed by atoms with Gasteiger partial charge in [0.05, 0.1) is 5.41 Å². The molecule has 81 heavy (non-hydrogen) atoms. The van der Waals surface area contributed by atoms with Crippen molar-refractivity contribution in [2.75, 3.05) is 0 Å². The van der Waals surface area contributed by atoms with Gasteiger partial charge in [0.1, 0.15) is 0 Å². The van der Waals surface area contributed by atoms with Gasteiger partial charge >= 0.3 is 0 Å². The fourth-order valence-electron chi connectivity index (χ4n) is 15.3. The lowest BCUT2D eigenvalue weighted by molar-refractivity contribution is 0.796. The largest absolute Gasteiger partial charge is 0.0766 e. The van der Waals surface area contributed by atoms with Gasteiger partial charge in [0.25, 0.3) is 0 Å². The number of hydrogen-bond acceptors (Lipinski definition) is 0. The van der Waals surface area contributed by atoms with Gasteiger partial charge < -0.3 is 0 Å². The number of hydrogen-bond donors (Lipinski definition) is 0. The molecule has 2 atom stereocenters. The molecule has 0 N–H and O–H groups in total. The van der Waals surface area contributed by atoms with Gasteiger partial charge in [0.15, 0.2) is 0 Å². The minimum absolute atomic E-state index is 0.586. The highest BCUT2D eigenvalue weighted by Crippen LogP contribution is 2.67. The van der Waals surface area contributed by atoms with E-state index in [0.29, 0.717) is 0 Å². The lowest BCUT2D eigenvalue weighted by Gasteiger charge is -2.33. The monoisotopic (exact) mass is 1060 g/mol. The highest BCUT2D eigenvalue weighted by Gasteiger charge is 2.53. The summed E-state index contributed by atoms with van der Waals surface area (Å²) >= 11 is 0. The summed E-state index contributed by atoms with van der Waals surface area (Å²) in [5.74, 6) is 0. The maximum atomic E-state index is 2.60. The summed E-state index contributed by atoms with van der Waals surface area (Å²) in [5, 5.41) is 21.4. The van der Waals surface area contributed by atoms with Crippen molar-refractivity contribution in [3.05, 3.63) is 313 Å². The molecule has 18 rings (SSSR count). The van der Waals surface area contributed by atoms with Crippen LogP contribution in [0.2, 0.25) is 0 Å². The summed E-state index contributed by atoms with van der Waals surface area (Å²) in [6.45, 7) is 0. The summed E-state index contributed by atoms with van der Waals surface area (Å²) < 4.78 is 0. The average molecular weight is 1060 g/mol. The van der Waals surface area contributed by atoms with Crippen LogP contribution in [0.4, 0.5) is 0 Å². The zero-order valence-corrected chi connectivity index (χ0v) is 45.9. The van der Waals surface area contributed by atoms with Crippen molar-refractivity contribution in [3.8, 4) is 66.2 Å². The van der Waals surface area contributed by atoms with E-state index in [1.54, 1.807) is 0 Å². The summed E-state index contributed by atoms with van der Waals surface area (Å²) in [7, 11) is -1.72. The molecule has 2 aliphatic rings. The standard InChI is InChI=1S/C79H48P2/c1-3-24-50(25-4-1)80-72-45-17-12-31-57(72)63-40-21-38-61(77(63)80)53-34-19-36-59-66(53)48-67-54(62-39-22-41-64-58-32-13-18-46-73(58)81(78(62)64)51-26-5-2-6-27-51)35-20-37-60(67)74(59)68-47-49-23-7-8-28-52(49)75-65-33-11-16-44-71(65)79(76(68)75)69-42-14-9-29-55(69)56-30-10-15-43-70(56)79/h1-48H. The van der Waals surface area contributed by atoms with Crippen LogP contribution in [-0.4, -0.2) is 0 Å². The normalized spacial score (nSPS) is 13.5. The van der Waals surface area contributed by atoms with Gasteiger partial charge in [-0.25, -0.2) is 0 Å². The minimum atomic E-state index is -0.861. The van der Waals surface area contributed by atoms with Crippen LogP contribution in [-0.2, 0) is 5.41 Å². The second-order valence-electron chi connectivity index (χ2n) is 22.1. The van der Waals surface area contributed by atoms with Gasteiger partial charge in [-0.05, 0) is 154 Å². The molecular weight excluding hydrogens is 1010 g/mol. The first kappa shape index (κ1) is 45.3. The third kappa shape index (κ3) is 6.11. The Kier molecular flexibility index (Phi) is 9.64. The molecule has 0 fully saturated rings. The molecular formula is C79H48P2. The molecule has 16 aromatic rings. The van der Waals surface area contributed by atoms with E-state index in [9.17, 15) is 0 Å². The lowest BCUT2D eigenvalue weighted by Crippen LogP contribution is -2.26. The molecule has 2 aliphatic carbocycles. The van der Waals surface area contributed by atoms with E-state index >= 15 is 0 Å². The smallest absolute Gasteiger partial charge is 0.0731 e. The molecule has 14 aromatic carbocycles. The first-order chi connectivity index (χ1) is 40.3. The second kappa shape index (κ2) is 17.2. The molecule has 0 radical (unpaired) electrons. The van der Waals surface area contributed by atoms with Crippen LogP contribution in [0.5, 0.6) is 0 Å². The third-order valence-electron chi connectivity index (χ3n) is 18.3. The summed E-state index contributed by atoms with van der Waals surface area (Å²) in [4.78, 5) is 0. The number of benzene rings is 14. The van der Waals surface area contributed by atoms with Crippen molar-refractivity contribution < 1.29 is 0 Å². The van der Waals surface area contributed by atoms with Crippen LogP contribution in [0.25, 0.3) is 141 Å². The number of fused-ring (bicyclic) bond motifs is 20. The fourth-order valence-corrected chi connectivity index (χ4v) is 20.8. The molecule has 0 bridgehead atoms. The van der Waals surface area contributed by atoms with E-state index in [1.807, 2.05) is 0 Å². The van der Waals surface area contributed by atoms with Crippen molar-refractivity contribution >= 4 is 89.4 Å². The Morgan fingerprint density at radius 3 is 1.14 bits per heavy atom. The topological polar surface area (TPSA) is 0 Å². The number of rotatable bonds is 5. The van der Waals surface area contributed by atoms with Crippen molar-refractivity contribution in [1.29, 1.82) is 0 Å². The molecule has 2 unspecified atom stereocenters. The van der Waals surface area contributed by atoms with Gasteiger partial charge in [-0.3, -0.25) is 0 Å². The Labute approximate surface area is 471 Å². The lowest BCUT2D eigenvalue weighted by atomic mass is 9.68. The van der Waals surface area contributed by atoms with Crippen LogP contribution in [0.1, 0.15) is 22.3 Å². The zero-order chi connectivity index (χ0) is 52.9. The van der Waals surface area contributed by atoms with E-state index < -0.39 is 20.5 Å². The Hall–Kier alpha value is -9.54. The molecule has 374 valence electrons. The highest BCUT2D eigenvalue weighted by atomic mass is 31.1.